The fourth-order valence-electron chi connectivity index (χ4n) is 9.06. The lowest BCUT2D eigenvalue weighted by molar-refractivity contribution is -0.137. The number of nitrogen functional groups attached to an aromatic ring is 1. The fraction of sp³-hybridized carbons (Fsp3) is 0.478. The Morgan fingerprint density at radius 1 is 0.886 bits per heavy atom. The van der Waals surface area contributed by atoms with Crippen molar-refractivity contribution in [2.45, 2.75) is 113 Å². The Bertz CT molecular complexity index is 3310. The largest absolute Gasteiger partial charge is 0.472 e. The quantitative estimate of drug-likeness (QED) is 0.0400. The van der Waals surface area contributed by atoms with E-state index in [-0.39, 0.29) is 70.7 Å². The van der Waals surface area contributed by atoms with E-state index >= 15 is 13.3 Å². The molecular formula is C46H54F2N12O16P2S. The number of alkyl halides is 1. The van der Waals surface area contributed by atoms with Gasteiger partial charge in [0.25, 0.3) is 17.4 Å². The number of halogens is 2. The van der Waals surface area contributed by atoms with E-state index in [1.807, 2.05) is 0 Å². The van der Waals surface area contributed by atoms with Crippen LogP contribution in [0.25, 0.3) is 22.2 Å². The summed E-state index contributed by atoms with van der Waals surface area (Å²) in [4.78, 5) is 106. The van der Waals surface area contributed by atoms with Gasteiger partial charge in [-0.2, -0.15) is 0 Å². The number of benzene rings is 1. The molecule has 5 aromatic rings. The molecule has 0 aliphatic carbocycles. The Morgan fingerprint density at radius 2 is 1.61 bits per heavy atom. The first-order chi connectivity index (χ1) is 37.6. The Labute approximate surface area is 450 Å². The maximum atomic E-state index is 17.0. The monoisotopic (exact) mass is 1160 g/mol. The number of aliphatic hydroxyl groups is 1. The smallest absolute Gasteiger partial charge is 0.387 e. The van der Waals surface area contributed by atoms with Crippen molar-refractivity contribution < 1.29 is 79.5 Å². The topological polar surface area (TPSA) is 375 Å². The van der Waals surface area contributed by atoms with Crippen LogP contribution in [0.1, 0.15) is 64.5 Å². The molecule has 0 radical (unpaired) electrons. The van der Waals surface area contributed by atoms with Crippen LogP contribution in [0, 0.1) is 11.7 Å². The maximum Gasteiger partial charge on any atom is 0.472 e. The highest BCUT2D eigenvalue weighted by Gasteiger charge is 2.55. The number of aliphatic hydroxyl groups excluding tert-OH is 1. The Hall–Kier alpha value is -6.37. The number of ether oxygens (including phenoxy) is 2. The Kier molecular flexibility index (Phi) is 17.2. The van der Waals surface area contributed by atoms with E-state index in [0.29, 0.717) is 36.2 Å². The highest BCUT2D eigenvalue weighted by molar-refractivity contribution is 8.54. The van der Waals surface area contributed by atoms with Crippen LogP contribution in [-0.2, 0) is 66.4 Å². The van der Waals surface area contributed by atoms with Gasteiger partial charge in [0.2, 0.25) is 17.7 Å². The van der Waals surface area contributed by atoms with E-state index in [0.717, 1.165) is 39.2 Å². The molecule has 28 nitrogen and oxygen atoms in total. The molecule has 8 N–H and O–H groups in total. The van der Waals surface area contributed by atoms with Crippen LogP contribution in [0.3, 0.4) is 0 Å². The van der Waals surface area contributed by atoms with Crippen LogP contribution >= 0.6 is 26.0 Å². The van der Waals surface area contributed by atoms with E-state index < -0.39 is 118 Å². The van der Waals surface area contributed by atoms with Crippen LogP contribution in [0.2, 0.25) is 0 Å². The zero-order chi connectivity index (χ0) is 56.5. The summed E-state index contributed by atoms with van der Waals surface area (Å²) in [6.07, 6.45) is -6.37. The number of H-pyrrole nitrogens is 1. The molecule has 1 aromatic carbocycles. The molecule has 5 amide bonds. The number of aromatic amines is 1. The summed E-state index contributed by atoms with van der Waals surface area (Å²) in [7, 11) is -5.32. The van der Waals surface area contributed by atoms with Gasteiger partial charge in [-0.15, -0.1) is 0 Å². The number of hydrogen-bond donors (Lipinski definition) is 7. The minimum absolute atomic E-state index is 0.0342. The summed E-state index contributed by atoms with van der Waals surface area (Å²) in [5.41, 5.74) is 5.68. The molecule has 424 valence electrons. The van der Waals surface area contributed by atoms with E-state index in [4.69, 9.17) is 33.3 Å². The number of nitrogens with zero attached hydrogens (tertiary/aromatic N) is 7. The second-order valence-electron chi connectivity index (χ2n) is 19.1. The third kappa shape index (κ3) is 12.7. The summed E-state index contributed by atoms with van der Waals surface area (Å²) in [6, 6.07) is 4.09. The van der Waals surface area contributed by atoms with Gasteiger partial charge in [-0.25, -0.2) is 37.8 Å². The number of aromatic nitrogens is 7. The number of imidazole rings is 1. The summed E-state index contributed by atoms with van der Waals surface area (Å²) in [5.74, 6) is -3.97. The number of rotatable bonds is 17. The van der Waals surface area contributed by atoms with Crippen molar-refractivity contribution in [1.29, 1.82) is 0 Å². The first kappa shape index (κ1) is 57.3. The highest BCUT2D eigenvalue weighted by atomic mass is 32.7. The number of carbonyl (C=O) groups excluding carboxylic acids is 5. The molecule has 4 aliphatic heterocycles. The summed E-state index contributed by atoms with van der Waals surface area (Å²) in [6.45, 7) is -1.34. The maximum absolute atomic E-state index is 17.0. The molecule has 4 aliphatic rings. The lowest BCUT2D eigenvalue weighted by atomic mass is 10.0. The van der Waals surface area contributed by atoms with Gasteiger partial charge in [-0.1, -0.05) is 32.4 Å². The predicted octanol–water partition coefficient (Wildman–Crippen LogP) is 2.81. The lowest BCUT2D eigenvalue weighted by Gasteiger charge is -2.27. The SMILES string of the molecule is CC(C)[C@H](NC(=O)CCCCCN1C(=O)C=CC1=O)C(=O)N[C@@H](C)C(=O)Nc1ccc(CSP2(=O)OCC3O[C@@H](n4cc(F)c5c(=O)[nH]cnc54)[C@H](OP(=O)(O)OCC4O[C@@H](n5cnc6c(N)ncnc65)[C@H](F)[C@@H]4O2)[C@@H]3O)cc1. The molecule has 4 aromatic heterocycles. The second-order valence-corrected chi connectivity index (χ2v) is 24.5. The molecule has 12 atom stereocenters. The molecule has 0 spiro atoms. The molecule has 33 heteroatoms. The summed E-state index contributed by atoms with van der Waals surface area (Å²) < 4.78 is 97.8. The van der Waals surface area contributed by atoms with Gasteiger partial charge in [-0.05, 0) is 54.8 Å². The molecule has 8 heterocycles. The van der Waals surface area contributed by atoms with Gasteiger partial charge in [0, 0.05) is 42.8 Å². The number of hydrogen-bond acceptors (Lipinski definition) is 21. The zero-order valence-electron chi connectivity index (χ0n) is 42.2. The summed E-state index contributed by atoms with van der Waals surface area (Å²) >= 11 is 0.571. The van der Waals surface area contributed by atoms with E-state index in [1.165, 1.54) is 31.2 Å². The second kappa shape index (κ2) is 23.8. The summed E-state index contributed by atoms with van der Waals surface area (Å²) in [5, 5.41) is 19.1. The molecule has 0 saturated carbocycles. The minimum atomic E-state index is -5.32. The van der Waals surface area contributed by atoms with Gasteiger partial charge >= 0.3 is 14.6 Å². The van der Waals surface area contributed by atoms with Gasteiger partial charge in [0.05, 0.1) is 25.9 Å². The van der Waals surface area contributed by atoms with Crippen LogP contribution in [-0.4, -0.2) is 147 Å². The van der Waals surface area contributed by atoms with Crippen molar-refractivity contribution in [2.75, 3.05) is 30.8 Å². The number of phosphoric ester groups is 1. The van der Waals surface area contributed by atoms with Crippen molar-refractivity contribution in [1.82, 2.24) is 49.6 Å². The van der Waals surface area contributed by atoms with Crippen molar-refractivity contribution in [2.24, 2.45) is 5.92 Å². The molecule has 9 rings (SSSR count). The van der Waals surface area contributed by atoms with Crippen LogP contribution in [0.4, 0.5) is 20.3 Å². The number of carbonyl (C=O) groups is 5. The molecule has 4 unspecified atom stereocenters. The van der Waals surface area contributed by atoms with Gasteiger partial charge in [0.15, 0.2) is 41.6 Å². The number of imide groups is 1. The van der Waals surface area contributed by atoms with Crippen molar-refractivity contribution in [3.8, 4) is 0 Å². The number of nitrogens with two attached hydrogens (primary N) is 1. The molecule has 79 heavy (non-hydrogen) atoms. The van der Waals surface area contributed by atoms with Crippen molar-refractivity contribution >= 4 is 89.2 Å². The van der Waals surface area contributed by atoms with E-state index in [1.54, 1.807) is 26.0 Å². The first-order valence-electron chi connectivity index (χ1n) is 24.7. The third-order valence-corrected chi connectivity index (χ3v) is 17.8. The highest BCUT2D eigenvalue weighted by Crippen LogP contribution is 2.65. The van der Waals surface area contributed by atoms with Crippen molar-refractivity contribution in [3.63, 3.8) is 0 Å². The van der Waals surface area contributed by atoms with Gasteiger partial charge in [-0.3, -0.25) is 56.3 Å². The number of unbranched alkanes of at least 4 members (excludes halogenated alkanes) is 2. The third-order valence-electron chi connectivity index (χ3n) is 13.2. The number of fused-ring (bicyclic) bond motifs is 5. The van der Waals surface area contributed by atoms with Gasteiger partial charge in [0.1, 0.15) is 59.8 Å². The molecule has 3 fully saturated rings. The average molecular weight is 1160 g/mol. The number of phosphoric acid groups is 1. The fourth-order valence-corrected chi connectivity index (χ4v) is 13.4. The predicted molar refractivity (Wildman–Crippen MR) is 273 cm³/mol. The standard InChI is InChI=1S/C46H54F2N12O16P2S/c1-22(2)34(57-29(61)7-5-4-6-14-58-30(62)12-13-31(58)63)44(67)55-23(3)42(65)56-25-10-8-24(9-11-25)18-79-78(70)72-16-27-36(64)38(46(73-27)59-15-26(47)32-40(59)51-20-53-43(32)66)75-77(68,69)71-17-28-37(76-78)33(48)45(74-28)60-21-54-35-39(49)50-19-52-41(35)60/h8-13,15,19-23,27-28,33-34,36-38,45-46,64H,4-7,14,16-18H2,1-3H3,(H,55,67)(H,56,65)(H,57,61)(H,68,69)(H2,49,50,52)(H,51,53,66)/t23-,27?,28?,33+,34-,36+,37+,38+,45+,46+,78?/m0/s1. The lowest BCUT2D eigenvalue weighted by Crippen LogP contribution is -2.53. The number of amides is 5. The van der Waals surface area contributed by atoms with E-state index in [2.05, 4.69) is 40.9 Å². The molecular weight excluding hydrogens is 1110 g/mol. The van der Waals surface area contributed by atoms with Gasteiger partial charge < -0.3 is 50.7 Å². The number of anilines is 2. The minimum Gasteiger partial charge on any atom is -0.387 e. The Morgan fingerprint density at radius 3 is 2.34 bits per heavy atom. The molecule has 3 saturated heterocycles. The van der Waals surface area contributed by atoms with Crippen LogP contribution < -0.4 is 27.2 Å². The van der Waals surface area contributed by atoms with Crippen molar-refractivity contribution in [3.05, 3.63) is 83.3 Å². The molecule has 2 bridgehead atoms. The van der Waals surface area contributed by atoms with E-state index in [9.17, 15) is 43.3 Å². The average Bonchev–Trinajstić information content (AvgIpc) is 4.41. The Balaban J connectivity index is 0.871. The first-order valence-corrected chi connectivity index (χ1v) is 29.3. The van der Waals surface area contributed by atoms with Crippen LogP contribution in [0.5, 0.6) is 0 Å². The van der Waals surface area contributed by atoms with Crippen LogP contribution in [0.15, 0.2) is 66.4 Å². The zero-order valence-corrected chi connectivity index (χ0v) is 44.8. The normalized spacial score (nSPS) is 28.1. The number of nitrogens with one attached hydrogen (secondary N) is 4.